The second-order valence-electron chi connectivity index (χ2n) is 2.68. The summed E-state index contributed by atoms with van der Waals surface area (Å²) in [4.78, 5) is 0.871. The largest absolute Gasteiger partial charge is 0.391 e. The minimum Gasteiger partial charge on any atom is -0.391 e. The molecule has 0 amide bonds. The standard InChI is InChI=1S/C10H8FNS/c11-8-4-2-1-3-7(8)9-5-6-10(12)13-9/h1-6H,12H2. The van der Waals surface area contributed by atoms with Gasteiger partial charge in [0.05, 0.1) is 5.00 Å². The lowest BCUT2D eigenvalue weighted by molar-refractivity contribution is 0.631. The van der Waals surface area contributed by atoms with Crippen molar-refractivity contribution in [2.75, 3.05) is 5.73 Å². The highest BCUT2D eigenvalue weighted by molar-refractivity contribution is 7.19. The van der Waals surface area contributed by atoms with Gasteiger partial charge in [0, 0.05) is 10.4 Å². The van der Waals surface area contributed by atoms with E-state index in [1.807, 2.05) is 12.1 Å². The quantitative estimate of drug-likeness (QED) is 0.739. The Labute approximate surface area is 79.6 Å². The smallest absolute Gasteiger partial charge is 0.131 e. The molecule has 0 bridgehead atoms. The van der Waals surface area contributed by atoms with E-state index in [1.54, 1.807) is 18.2 Å². The minimum atomic E-state index is -0.204. The van der Waals surface area contributed by atoms with Gasteiger partial charge < -0.3 is 5.73 Å². The van der Waals surface area contributed by atoms with E-state index in [0.29, 0.717) is 10.6 Å². The zero-order valence-corrected chi connectivity index (χ0v) is 7.64. The number of hydrogen-bond acceptors (Lipinski definition) is 2. The molecule has 0 unspecified atom stereocenters. The zero-order chi connectivity index (χ0) is 9.26. The first-order chi connectivity index (χ1) is 6.27. The van der Waals surface area contributed by atoms with Crippen LogP contribution in [0.25, 0.3) is 10.4 Å². The molecule has 1 nitrogen and oxygen atoms in total. The van der Waals surface area contributed by atoms with E-state index in [0.717, 1.165) is 4.88 Å². The Morgan fingerprint density at radius 3 is 2.46 bits per heavy atom. The van der Waals surface area contributed by atoms with E-state index < -0.39 is 0 Å². The molecule has 0 aliphatic rings. The molecule has 0 atom stereocenters. The van der Waals surface area contributed by atoms with Crippen LogP contribution in [0, 0.1) is 5.82 Å². The monoisotopic (exact) mass is 193 g/mol. The third-order valence-corrected chi connectivity index (χ3v) is 2.71. The van der Waals surface area contributed by atoms with Crippen LogP contribution < -0.4 is 5.73 Å². The summed E-state index contributed by atoms with van der Waals surface area (Å²) in [6.07, 6.45) is 0. The van der Waals surface area contributed by atoms with Crippen LogP contribution in [0.3, 0.4) is 0 Å². The van der Waals surface area contributed by atoms with Crippen molar-refractivity contribution in [1.29, 1.82) is 0 Å². The summed E-state index contributed by atoms with van der Waals surface area (Å²) in [6.45, 7) is 0. The Morgan fingerprint density at radius 2 is 1.85 bits per heavy atom. The van der Waals surface area contributed by atoms with Crippen LogP contribution in [0.2, 0.25) is 0 Å². The first kappa shape index (κ1) is 8.26. The Morgan fingerprint density at radius 1 is 1.08 bits per heavy atom. The van der Waals surface area contributed by atoms with Crippen molar-refractivity contribution >= 4 is 16.3 Å². The van der Waals surface area contributed by atoms with Gasteiger partial charge in [-0.05, 0) is 18.2 Å². The molecule has 0 radical (unpaired) electrons. The highest BCUT2D eigenvalue weighted by Crippen LogP contribution is 2.30. The van der Waals surface area contributed by atoms with Gasteiger partial charge in [-0.1, -0.05) is 18.2 Å². The summed E-state index contributed by atoms with van der Waals surface area (Å²) in [7, 11) is 0. The van der Waals surface area contributed by atoms with Crippen molar-refractivity contribution in [3.8, 4) is 10.4 Å². The molecule has 1 aromatic carbocycles. The van der Waals surface area contributed by atoms with Gasteiger partial charge in [0.25, 0.3) is 0 Å². The average Bonchev–Trinajstić information content (AvgIpc) is 2.53. The number of benzene rings is 1. The predicted molar refractivity (Wildman–Crippen MR) is 54.1 cm³/mol. The van der Waals surface area contributed by atoms with E-state index in [2.05, 4.69) is 0 Å². The fraction of sp³-hybridized carbons (Fsp3) is 0. The maximum Gasteiger partial charge on any atom is 0.131 e. The van der Waals surface area contributed by atoms with E-state index in [-0.39, 0.29) is 5.82 Å². The molecule has 2 N–H and O–H groups in total. The summed E-state index contributed by atoms with van der Waals surface area (Å²) in [5.74, 6) is -0.204. The van der Waals surface area contributed by atoms with Crippen LogP contribution in [0.15, 0.2) is 36.4 Å². The average molecular weight is 193 g/mol. The molecule has 0 aliphatic heterocycles. The van der Waals surface area contributed by atoms with Gasteiger partial charge in [0.1, 0.15) is 5.82 Å². The summed E-state index contributed by atoms with van der Waals surface area (Å²) in [5, 5.41) is 0.707. The molecule has 1 heterocycles. The molecule has 0 aliphatic carbocycles. The van der Waals surface area contributed by atoms with Gasteiger partial charge in [-0.15, -0.1) is 11.3 Å². The molecule has 0 spiro atoms. The molecular weight excluding hydrogens is 185 g/mol. The molecular formula is C10H8FNS. The maximum atomic E-state index is 13.3. The number of anilines is 1. The molecule has 2 rings (SSSR count). The van der Waals surface area contributed by atoms with E-state index in [4.69, 9.17) is 5.73 Å². The lowest BCUT2D eigenvalue weighted by Gasteiger charge is -1.97. The topological polar surface area (TPSA) is 26.0 Å². The first-order valence-corrected chi connectivity index (χ1v) is 4.69. The van der Waals surface area contributed by atoms with Gasteiger partial charge in [-0.3, -0.25) is 0 Å². The Balaban J connectivity index is 2.52. The summed E-state index contributed by atoms with van der Waals surface area (Å²) in [6, 6.07) is 10.3. The number of rotatable bonds is 1. The number of nitrogens with two attached hydrogens (primary N) is 1. The number of nitrogen functional groups attached to an aromatic ring is 1. The van der Waals surface area contributed by atoms with Crippen molar-refractivity contribution in [2.24, 2.45) is 0 Å². The zero-order valence-electron chi connectivity index (χ0n) is 6.83. The van der Waals surface area contributed by atoms with Crippen LogP contribution in [-0.2, 0) is 0 Å². The fourth-order valence-electron chi connectivity index (χ4n) is 1.16. The lowest BCUT2D eigenvalue weighted by atomic mass is 10.2. The van der Waals surface area contributed by atoms with Crippen LogP contribution >= 0.6 is 11.3 Å². The highest BCUT2D eigenvalue weighted by Gasteiger charge is 2.05. The van der Waals surface area contributed by atoms with Crippen molar-refractivity contribution in [3.05, 3.63) is 42.2 Å². The van der Waals surface area contributed by atoms with Crippen molar-refractivity contribution in [2.45, 2.75) is 0 Å². The van der Waals surface area contributed by atoms with Gasteiger partial charge in [-0.2, -0.15) is 0 Å². The molecule has 0 fully saturated rings. The normalized spacial score (nSPS) is 10.2. The van der Waals surface area contributed by atoms with Crippen molar-refractivity contribution < 1.29 is 4.39 Å². The van der Waals surface area contributed by atoms with Crippen LogP contribution in [0.4, 0.5) is 9.39 Å². The summed E-state index contributed by atoms with van der Waals surface area (Å²) >= 11 is 1.39. The lowest BCUT2D eigenvalue weighted by Crippen LogP contribution is -1.78. The van der Waals surface area contributed by atoms with Crippen LogP contribution in [0.1, 0.15) is 0 Å². The Kier molecular flexibility index (Phi) is 2.02. The third-order valence-electron chi connectivity index (χ3n) is 1.77. The third kappa shape index (κ3) is 1.55. The van der Waals surface area contributed by atoms with Crippen molar-refractivity contribution in [3.63, 3.8) is 0 Å². The number of halogens is 1. The summed E-state index contributed by atoms with van der Waals surface area (Å²) in [5.41, 5.74) is 6.18. The molecule has 3 heteroatoms. The maximum absolute atomic E-state index is 13.3. The molecule has 66 valence electrons. The minimum absolute atomic E-state index is 0.204. The van der Waals surface area contributed by atoms with Crippen LogP contribution in [-0.4, -0.2) is 0 Å². The fourth-order valence-corrected chi connectivity index (χ4v) is 1.96. The van der Waals surface area contributed by atoms with Crippen molar-refractivity contribution in [1.82, 2.24) is 0 Å². The molecule has 2 aromatic rings. The molecule has 13 heavy (non-hydrogen) atoms. The SMILES string of the molecule is Nc1ccc(-c2ccccc2F)s1. The van der Waals surface area contributed by atoms with E-state index in [1.165, 1.54) is 17.4 Å². The highest BCUT2D eigenvalue weighted by atomic mass is 32.1. The molecule has 0 saturated heterocycles. The first-order valence-electron chi connectivity index (χ1n) is 3.87. The second-order valence-corrected chi connectivity index (χ2v) is 3.80. The van der Waals surface area contributed by atoms with E-state index >= 15 is 0 Å². The molecule has 0 saturated carbocycles. The van der Waals surface area contributed by atoms with Gasteiger partial charge in [-0.25, -0.2) is 4.39 Å². The number of thiophene rings is 1. The van der Waals surface area contributed by atoms with Gasteiger partial charge >= 0.3 is 0 Å². The van der Waals surface area contributed by atoms with Crippen LogP contribution in [0.5, 0.6) is 0 Å². The second kappa shape index (κ2) is 3.18. The van der Waals surface area contributed by atoms with Gasteiger partial charge in [0.15, 0.2) is 0 Å². The predicted octanol–water partition coefficient (Wildman–Crippen LogP) is 3.14. The molecule has 1 aromatic heterocycles. The Bertz CT molecular complexity index is 422. The Hall–Kier alpha value is -1.35. The van der Waals surface area contributed by atoms with E-state index in [9.17, 15) is 4.39 Å². The summed E-state index contributed by atoms with van der Waals surface area (Å²) < 4.78 is 13.3. The number of hydrogen-bond donors (Lipinski definition) is 1. The van der Waals surface area contributed by atoms with Gasteiger partial charge in [0.2, 0.25) is 0 Å².